The Morgan fingerprint density at radius 1 is 1.10 bits per heavy atom. The van der Waals surface area contributed by atoms with Gasteiger partial charge in [-0.3, -0.25) is 0 Å². The van der Waals surface area contributed by atoms with E-state index in [9.17, 15) is 0 Å². The molecule has 0 spiro atoms. The highest BCUT2D eigenvalue weighted by atomic mass is 16.5. The summed E-state index contributed by atoms with van der Waals surface area (Å²) in [6.45, 7) is 6.83. The van der Waals surface area contributed by atoms with Crippen LogP contribution in [0.3, 0.4) is 0 Å². The van der Waals surface area contributed by atoms with Crippen molar-refractivity contribution in [3.05, 3.63) is 23.8 Å². The molecule has 0 saturated heterocycles. The summed E-state index contributed by atoms with van der Waals surface area (Å²) in [5, 5.41) is 3.71. The molecule has 1 saturated carbocycles. The van der Waals surface area contributed by atoms with Crippen molar-refractivity contribution in [2.24, 2.45) is 11.8 Å². The summed E-state index contributed by atoms with van der Waals surface area (Å²) >= 11 is 0. The van der Waals surface area contributed by atoms with E-state index < -0.39 is 0 Å². The number of rotatable bonds is 6. The quantitative estimate of drug-likeness (QED) is 0.858. The van der Waals surface area contributed by atoms with Crippen molar-refractivity contribution in [1.29, 1.82) is 0 Å². The molecule has 0 heterocycles. The lowest BCUT2D eigenvalue weighted by Gasteiger charge is -2.40. The van der Waals surface area contributed by atoms with E-state index in [2.05, 4.69) is 32.2 Å². The van der Waals surface area contributed by atoms with E-state index in [-0.39, 0.29) is 0 Å². The lowest BCUT2D eigenvalue weighted by molar-refractivity contribution is 0.159. The largest absolute Gasteiger partial charge is 0.497 e. The molecular formula is C17H27NO2. The molecule has 3 heteroatoms. The molecule has 2 rings (SSSR count). The van der Waals surface area contributed by atoms with E-state index >= 15 is 0 Å². The fraction of sp³-hybridized carbons (Fsp3) is 0.647. The summed E-state index contributed by atoms with van der Waals surface area (Å²) in [5.41, 5.74) is 1.20. The summed E-state index contributed by atoms with van der Waals surface area (Å²) in [6.07, 6.45) is 2.58. The normalized spacial score (nSPS) is 23.3. The first-order chi connectivity index (χ1) is 9.55. The Labute approximate surface area is 122 Å². The third kappa shape index (κ3) is 3.26. The van der Waals surface area contributed by atoms with Crippen LogP contribution in [0.4, 0.5) is 0 Å². The predicted molar refractivity (Wildman–Crippen MR) is 82.4 cm³/mol. The Bertz CT molecular complexity index is 439. The van der Waals surface area contributed by atoms with Crippen molar-refractivity contribution >= 4 is 0 Å². The summed E-state index contributed by atoms with van der Waals surface area (Å²) in [6, 6.07) is 6.98. The molecule has 1 aromatic carbocycles. The number of benzene rings is 1. The number of methoxy groups -OCH3 is 2. The first-order valence-corrected chi connectivity index (χ1v) is 7.53. The number of hydrogen-bond donors (Lipinski definition) is 1. The zero-order valence-corrected chi connectivity index (χ0v) is 13.3. The van der Waals surface area contributed by atoms with Crippen LogP contribution in [-0.4, -0.2) is 20.3 Å². The van der Waals surface area contributed by atoms with Gasteiger partial charge in [-0.2, -0.15) is 0 Å². The first kappa shape index (κ1) is 15.2. The van der Waals surface area contributed by atoms with Crippen LogP contribution < -0.4 is 14.8 Å². The van der Waals surface area contributed by atoms with E-state index in [4.69, 9.17) is 9.47 Å². The molecule has 1 aromatic rings. The van der Waals surface area contributed by atoms with Crippen LogP contribution in [0.2, 0.25) is 0 Å². The van der Waals surface area contributed by atoms with Gasteiger partial charge in [-0.15, -0.1) is 0 Å². The summed E-state index contributed by atoms with van der Waals surface area (Å²) in [7, 11) is 3.39. The predicted octanol–water partition coefficient (Wildman–Crippen LogP) is 3.79. The minimum Gasteiger partial charge on any atom is -0.497 e. The van der Waals surface area contributed by atoms with E-state index in [0.717, 1.165) is 23.3 Å². The highest BCUT2D eigenvalue weighted by Gasteiger charge is 2.32. The Morgan fingerprint density at radius 3 is 2.35 bits per heavy atom. The number of hydrogen-bond acceptors (Lipinski definition) is 3. The molecule has 3 nitrogen and oxygen atoms in total. The van der Waals surface area contributed by atoms with Crippen molar-refractivity contribution in [3.8, 4) is 11.5 Å². The van der Waals surface area contributed by atoms with Crippen molar-refractivity contribution in [3.63, 3.8) is 0 Å². The van der Waals surface area contributed by atoms with E-state index in [1.54, 1.807) is 14.2 Å². The van der Waals surface area contributed by atoms with Gasteiger partial charge in [-0.25, -0.2) is 0 Å². The van der Waals surface area contributed by atoms with Crippen LogP contribution in [0, 0.1) is 11.8 Å². The minimum absolute atomic E-state index is 0.300. The molecule has 1 N–H and O–H groups in total. The second-order valence-corrected chi connectivity index (χ2v) is 6.17. The van der Waals surface area contributed by atoms with Gasteiger partial charge in [-0.1, -0.05) is 19.9 Å². The molecule has 0 bridgehead atoms. The van der Waals surface area contributed by atoms with Gasteiger partial charge < -0.3 is 14.8 Å². The molecule has 0 radical (unpaired) electrons. The van der Waals surface area contributed by atoms with Crippen LogP contribution in [-0.2, 0) is 0 Å². The van der Waals surface area contributed by atoms with Crippen LogP contribution in [0.5, 0.6) is 11.5 Å². The van der Waals surface area contributed by atoms with Crippen molar-refractivity contribution in [2.75, 3.05) is 14.2 Å². The molecule has 20 heavy (non-hydrogen) atoms. The number of nitrogens with one attached hydrogen (secondary N) is 1. The molecule has 0 aliphatic heterocycles. The van der Waals surface area contributed by atoms with Gasteiger partial charge in [0.05, 0.1) is 14.2 Å². The minimum atomic E-state index is 0.300. The van der Waals surface area contributed by atoms with Crippen molar-refractivity contribution < 1.29 is 9.47 Å². The van der Waals surface area contributed by atoms with Crippen LogP contribution in [0.1, 0.15) is 45.2 Å². The van der Waals surface area contributed by atoms with Gasteiger partial charge in [0.2, 0.25) is 0 Å². The summed E-state index contributed by atoms with van der Waals surface area (Å²) < 4.78 is 10.7. The van der Waals surface area contributed by atoms with Crippen molar-refractivity contribution in [1.82, 2.24) is 5.32 Å². The topological polar surface area (TPSA) is 30.5 Å². The molecule has 0 aromatic heterocycles. The summed E-state index contributed by atoms with van der Waals surface area (Å²) in [5.74, 6) is 3.42. The zero-order chi connectivity index (χ0) is 14.7. The molecular weight excluding hydrogens is 250 g/mol. The SMILES string of the molecule is COc1ccc(C(C)NC2CC(C(C)C)C2)c(OC)c1. The Hall–Kier alpha value is -1.22. The maximum absolute atomic E-state index is 5.48. The fourth-order valence-corrected chi connectivity index (χ4v) is 2.96. The lowest BCUT2D eigenvalue weighted by Crippen LogP contribution is -2.44. The van der Waals surface area contributed by atoms with Crippen molar-refractivity contribution in [2.45, 2.75) is 45.7 Å². The second kappa shape index (κ2) is 6.49. The standard InChI is InChI=1S/C17H27NO2/c1-11(2)13-8-14(9-13)18-12(3)16-7-6-15(19-4)10-17(16)20-5/h6-7,10-14,18H,8-9H2,1-5H3. The number of ether oxygens (including phenoxy) is 2. The molecule has 1 atom stereocenters. The molecule has 1 aliphatic carbocycles. The average molecular weight is 277 g/mol. The van der Waals surface area contributed by atoms with E-state index in [1.807, 2.05) is 12.1 Å². The van der Waals surface area contributed by atoms with Gasteiger partial charge in [0.15, 0.2) is 0 Å². The molecule has 0 amide bonds. The molecule has 1 unspecified atom stereocenters. The van der Waals surface area contributed by atoms with Crippen LogP contribution in [0.15, 0.2) is 18.2 Å². The van der Waals surface area contributed by atoms with Gasteiger partial charge in [0.1, 0.15) is 11.5 Å². The monoisotopic (exact) mass is 277 g/mol. The second-order valence-electron chi connectivity index (χ2n) is 6.17. The summed E-state index contributed by atoms with van der Waals surface area (Å²) in [4.78, 5) is 0. The van der Waals surface area contributed by atoms with Gasteiger partial charge >= 0.3 is 0 Å². The smallest absolute Gasteiger partial charge is 0.127 e. The maximum Gasteiger partial charge on any atom is 0.127 e. The van der Waals surface area contributed by atoms with E-state index in [0.29, 0.717) is 12.1 Å². The zero-order valence-electron chi connectivity index (χ0n) is 13.3. The molecule has 1 fully saturated rings. The van der Waals surface area contributed by atoms with E-state index in [1.165, 1.54) is 18.4 Å². The van der Waals surface area contributed by atoms with Gasteiger partial charge in [0.25, 0.3) is 0 Å². The third-order valence-electron chi connectivity index (χ3n) is 4.51. The third-order valence-corrected chi connectivity index (χ3v) is 4.51. The highest BCUT2D eigenvalue weighted by Crippen LogP contribution is 2.36. The Morgan fingerprint density at radius 2 is 1.80 bits per heavy atom. The molecule has 1 aliphatic rings. The Balaban J connectivity index is 1.97. The van der Waals surface area contributed by atoms with Crippen LogP contribution >= 0.6 is 0 Å². The van der Waals surface area contributed by atoms with Gasteiger partial charge in [0, 0.05) is 23.7 Å². The van der Waals surface area contributed by atoms with Gasteiger partial charge in [-0.05, 0) is 37.7 Å². The average Bonchev–Trinajstić information content (AvgIpc) is 2.40. The van der Waals surface area contributed by atoms with Crippen LogP contribution in [0.25, 0.3) is 0 Å². The molecule has 112 valence electrons. The maximum atomic E-state index is 5.48. The fourth-order valence-electron chi connectivity index (χ4n) is 2.96. The lowest BCUT2D eigenvalue weighted by atomic mass is 9.73. The Kier molecular flexibility index (Phi) is 4.92. The highest BCUT2D eigenvalue weighted by molar-refractivity contribution is 5.42. The first-order valence-electron chi connectivity index (χ1n) is 7.53.